The van der Waals surface area contributed by atoms with E-state index in [1.54, 1.807) is 13.0 Å². The molecule has 0 spiro atoms. The average molecular weight is 396 g/mol. The van der Waals surface area contributed by atoms with Gasteiger partial charge in [0.25, 0.3) is 0 Å². The van der Waals surface area contributed by atoms with Gasteiger partial charge < -0.3 is 19.1 Å². The number of methoxy groups -OCH3 is 2. The number of benzene rings is 2. The maximum atomic E-state index is 12.1. The lowest BCUT2D eigenvalue weighted by atomic mass is 10.0. The molecular formula is C22H24N2O5. The number of nitrogens with zero attached hydrogens (tertiary/aromatic N) is 2. The van der Waals surface area contributed by atoms with Gasteiger partial charge in [0.05, 0.1) is 20.5 Å². The van der Waals surface area contributed by atoms with Crippen LogP contribution in [0, 0.1) is 0 Å². The van der Waals surface area contributed by atoms with Gasteiger partial charge in [-0.05, 0) is 12.5 Å². The van der Waals surface area contributed by atoms with E-state index in [1.165, 1.54) is 27.6 Å². The van der Waals surface area contributed by atoms with E-state index < -0.39 is 5.97 Å². The molecule has 2 aromatic carbocycles. The zero-order valence-electron chi connectivity index (χ0n) is 16.9. The van der Waals surface area contributed by atoms with Crippen molar-refractivity contribution in [2.24, 2.45) is 10.3 Å². The van der Waals surface area contributed by atoms with Crippen molar-refractivity contribution in [2.45, 2.75) is 13.5 Å². The van der Waals surface area contributed by atoms with E-state index in [4.69, 9.17) is 19.1 Å². The molecule has 0 amide bonds. The van der Waals surface area contributed by atoms with Crippen LogP contribution in [0.5, 0.6) is 0 Å². The Hall–Kier alpha value is -3.61. The SMILES string of the molecule is CO/C=C(\C(=O)OC)c1ccccc1CO/N=C(C)/C(=N/OC)c1ccccc1. The van der Waals surface area contributed by atoms with Crippen molar-refractivity contribution < 1.29 is 23.9 Å². The summed E-state index contributed by atoms with van der Waals surface area (Å²) in [5, 5.41) is 8.21. The van der Waals surface area contributed by atoms with Crippen LogP contribution >= 0.6 is 0 Å². The minimum Gasteiger partial charge on any atom is -0.503 e. The fraction of sp³-hybridized carbons (Fsp3) is 0.227. The molecule has 0 heterocycles. The van der Waals surface area contributed by atoms with Crippen LogP contribution in [0.3, 0.4) is 0 Å². The van der Waals surface area contributed by atoms with Crippen LogP contribution in [-0.2, 0) is 30.6 Å². The van der Waals surface area contributed by atoms with Gasteiger partial charge in [0.2, 0.25) is 0 Å². The summed E-state index contributed by atoms with van der Waals surface area (Å²) in [5.41, 5.74) is 3.66. The van der Waals surface area contributed by atoms with Crippen LogP contribution < -0.4 is 0 Å². The lowest BCUT2D eigenvalue weighted by Gasteiger charge is -2.11. The molecular weight excluding hydrogens is 372 g/mol. The highest BCUT2D eigenvalue weighted by Crippen LogP contribution is 2.21. The minimum atomic E-state index is -0.502. The van der Waals surface area contributed by atoms with Gasteiger partial charge in [-0.2, -0.15) is 0 Å². The smallest absolute Gasteiger partial charge is 0.341 e. The summed E-state index contributed by atoms with van der Waals surface area (Å²) in [4.78, 5) is 22.6. The van der Waals surface area contributed by atoms with Gasteiger partial charge in [-0.15, -0.1) is 0 Å². The van der Waals surface area contributed by atoms with Crippen LogP contribution in [0.2, 0.25) is 0 Å². The third kappa shape index (κ3) is 5.93. The summed E-state index contributed by atoms with van der Waals surface area (Å²) in [6.45, 7) is 1.92. The third-order valence-electron chi connectivity index (χ3n) is 3.94. The standard InChI is InChI=1S/C22H24N2O5/c1-16(21(24-28-4)17-10-6-5-7-11-17)23-29-14-18-12-8-9-13-19(18)20(15-26-2)22(25)27-3/h5-13,15H,14H2,1-4H3/b20-15-,23-16+,24-21-. The van der Waals surface area contributed by atoms with E-state index in [9.17, 15) is 4.79 Å². The maximum absolute atomic E-state index is 12.1. The molecule has 0 aliphatic heterocycles. The number of hydrogen-bond acceptors (Lipinski definition) is 7. The van der Waals surface area contributed by atoms with Crippen molar-refractivity contribution in [3.63, 3.8) is 0 Å². The first kappa shape index (κ1) is 21.7. The van der Waals surface area contributed by atoms with Crippen LogP contribution in [0.25, 0.3) is 5.57 Å². The first-order chi connectivity index (χ1) is 14.1. The van der Waals surface area contributed by atoms with Gasteiger partial charge in [-0.25, -0.2) is 4.79 Å². The largest absolute Gasteiger partial charge is 0.503 e. The molecule has 7 heteroatoms. The second-order valence-corrected chi connectivity index (χ2v) is 5.85. The predicted octanol–water partition coefficient (Wildman–Crippen LogP) is 3.79. The zero-order chi connectivity index (χ0) is 21.1. The number of carbonyl (C=O) groups excluding carboxylic acids is 1. The molecule has 0 fully saturated rings. The predicted molar refractivity (Wildman–Crippen MR) is 111 cm³/mol. The molecule has 0 atom stereocenters. The van der Waals surface area contributed by atoms with Gasteiger partial charge in [-0.1, -0.05) is 64.9 Å². The van der Waals surface area contributed by atoms with E-state index >= 15 is 0 Å². The van der Waals surface area contributed by atoms with Crippen molar-refractivity contribution in [3.05, 3.63) is 77.5 Å². The molecule has 0 aliphatic rings. The van der Waals surface area contributed by atoms with E-state index in [0.717, 1.165) is 11.1 Å². The molecule has 152 valence electrons. The molecule has 0 aliphatic carbocycles. The monoisotopic (exact) mass is 396 g/mol. The van der Waals surface area contributed by atoms with Crippen LogP contribution in [0.1, 0.15) is 23.6 Å². The van der Waals surface area contributed by atoms with E-state index in [-0.39, 0.29) is 6.61 Å². The lowest BCUT2D eigenvalue weighted by Crippen LogP contribution is -2.13. The number of oxime groups is 2. The minimum absolute atomic E-state index is 0.139. The van der Waals surface area contributed by atoms with Crippen molar-refractivity contribution in [2.75, 3.05) is 21.3 Å². The highest BCUT2D eigenvalue weighted by molar-refractivity contribution is 6.47. The zero-order valence-corrected chi connectivity index (χ0v) is 16.9. The average Bonchev–Trinajstić information content (AvgIpc) is 2.76. The molecule has 0 bridgehead atoms. The van der Waals surface area contributed by atoms with Crippen molar-refractivity contribution in [1.29, 1.82) is 0 Å². The van der Waals surface area contributed by atoms with Crippen LogP contribution in [0.4, 0.5) is 0 Å². The van der Waals surface area contributed by atoms with E-state index in [1.807, 2.05) is 48.5 Å². The fourth-order valence-corrected chi connectivity index (χ4v) is 2.62. The van der Waals surface area contributed by atoms with Gasteiger partial charge in [0.1, 0.15) is 30.7 Å². The summed E-state index contributed by atoms with van der Waals surface area (Å²) in [6, 6.07) is 16.8. The second-order valence-electron chi connectivity index (χ2n) is 5.85. The van der Waals surface area contributed by atoms with Crippen molar-refractivity contribution in [1.82, 2.24) is 0 Å². The van der Waals surface area contributed by atoms with Gasteiger partial charge in [-0.3, -0.25) is 0 Å². The van der Waals surface area contributed by atoms with Crippen molar-refractivity contribution in [3.8, 4) is 0 Å². The van der Waals surface area contributed by atoms with E-state index in [2.05, 4.69) is 10.3 Å². The Morgan fingerprint density at radius 2 is 1.66 bits per heavy atom. The van der Waals surface area contributed by atoms with Gasteiger partial charge >= 0.3 is 5.97 Å². The molecule has 0 aromatic heterocycles. The quantitative estimate of drug-likeness (QED) is 0.212. The second kappa shape index (κ2) is 11.3. The molecule has 0 N–H and O–H groups in total. The molecule has 7 nitrogen and oxygen atoms in total. The summed E-state index contributed by atoms with van der Waals surface area (Å²) >= 11 is 0. The Balaban J connectivity index is 2.23. The van der Waals surface area contributed by atoms with E-state index in [0.29, 0.717) is 22.6 Å². The highest BCUT2D eigenvalue weighted by Gasteiger charge is 2.17. The Bertz CT molecular complexity index is 904. The van der Waals surface area contributed by atoms with Crippen molar-refractivity contribution >= 4 is 23.0 Å². The number of carbonyl (C=O) groups is 1. The molecule has 29 heavy (non-hydrogen) atoms. The van der Waals surface area contributed by atoms with Gasteiger partial charge in [0.15, 0.2) is 0 Å². The molecule has 0 unspecified atom stereocenters. The molecule has 2 aromatic rings. The maximum Gasteiger partial charge on any atom is 0.341 e. The number of ether oxygens (including phenoxy) is 2. The first-order valence-electron chi connectivity index (χ1n) is 8.85. The summed E-state index contributed by atoms with van der Waals surface area (Å²) in [5.74, 6) is -0.502. The summed E-state index contributed by atoms with van der Waals surface area (Å²) in [7, 11) is 4.26. The number of rotatable bonds is 9. The Morgan fingerprint density at radius 3 is 2.31 bits per heavy atom. The number of hydrogen-bond donors (Lipinski definition) is 0. The third-order valence-corrected chi connectivity index (χ3v) is 3.94. The topological polar surface area (TPSA) is 78.7 Å². The Morgan fingerprint density at radius 1 is 0.966 bits per heavy atom. The van der Waals surface area contributed by atoms with Gasteiger partial charge in [0, 0.05) is 11.1 Å². The fourth-order valence-electron chi connectivity index (χ4n) is 2.62. The Kier molecular flexibility index (Phi) is 8.44. The molecule has 0 saturated heterocycles. The summed E-state index contributed by atoms with van der Waals surface area (Å²) < 4.78 is 9.86. The highest BCUT2D eigenvalue weighted by atomic mass is 16.6. The molecule has 0 saturated carbocycles. The van der Waals surface area contributed by atoms with Crippen LogP contribution in [-0.4, -0.2) is 38.7 Å². The first-order valence-corrected chi connectivity index (χ1v) is 8.85. The normalized spacial score (nSPS) is 12.3. The lowest BCUT2D eigenvalue weighted by molar-refractivity contribution is -0.133. The van der Waals surface area contributed by atoms with Crippen LogP contribution in [0.15, 0.2) is 71.2 Å². The molecule has 2 rings (SSSR count). The Labute approximate surface area is 170 Å². The molecule has 0 radical (unpaired) electrons. The summed E-state index contributed by atoms with van der Waals surface area (Å²) in [6.07, 6.45) is 1.35. The number of esters is 1.